The van der Waals surface area contributed by atoms with Crippen LogP contribution >= 0.6 is 0 Å². The molecule has 1 aliphatic heterocycles. The fourth-order valence-corrected chi connectivity index (χ4v) is 2.04. The lowest BCUT2D eigenvalue weighted by Crippen LogP contribution is -2.73. The van der Waals surface area contributed by atoms with Crippen LogP contribution in [0, 0.1) is 0 Å². The summed E-state index contributed by atoms with van der Waals surface area (Å²) in [6, 6.07) is 0. The lowest BCUT2D eigenvalue weighted by Gasteiger charge is -2.47. The molecule has 0 aliphatic carbocycles. The minimum atomic E-state index is -2.24. The van der Waals surface area contributed by atoms with Crippen LogP contribution in [0.1, 0.15) is 0 Å². The first kappa shape index (κ1) is 13.7. The van der Waals surface area contributed by atoms with E-state index in [1.807, 2.05) is 25.4 Å². The molecule has 0 atom stereocenters. The van der Waals surface area contributed by atoms with Gasteiger partial charge < -0.3 is 14.2 Å². The SMILES string of the molecule is CB1N(C)B(C)N(C)B(C(F)=C(F)F)N1C. The van der Waals surface area contributed by atoms with Crippen LogP contribution in [0.3, 0.4) is 0 Å². The van der Waals surface area contributed by atoms with Gasteiger partial charge in [-0.1, -0.05) is 13.6 Å². The summed E-state index contributed by atoms with van der Waals surface area (Å²) in [4.78, 5) is 0. The first-order valence-electron chi connectivity index (χ1n) is 5.15. The van der Waals surface area contributed by atoms with E-state index in [4.69, 9.17) is 0 Å². The van der Waals surface area contributed by atoms with Gasteiger partial charge in [0.1, 0.15) is 0 Å². The van der Waals surface area contributed by atoms with Gasteiger partial charge in [-0.3, -0.25) is 0 Å². The lowest BCUT2D eigenvalue weighted by molar-refractivity contribution is 0.384. The highest BCUT2D eigenvalue weighted by Gasteiger charge is 2.47. The van der Waals surface area contributed by atoms with Gasteiger partial charge in [0.15, 0.2) is 5.73 Å². The Morgan fingerprint density at radius 3 is 1.50 bits per heavy atom. The molecule has 9 heteroatoms. The van der Waals surface area contributed by atoms with Crippen molar-refractivity contribution in [3.8, 4) is 0 Å². The summed E-state index contributed by atoms with van der Waals surface area (Å²) in [5, 5.41) is 0. The van der Waals surface area contributed by atoms with Crippen molar-refractivity contribution in [2.24, 2.45) is 0 Å². The van der Waals surface area contributed by atoms with Crippen molar-refractivity contribution in [3.05, 3.63) is 11.8 Å². The zero-order valence-electron chi connectivity index (χ0n) is 10.2. The fraction of sp³-hybridized carbons (Fsp3) is 0.714. The standard InChI is InChI=1S/C7H15B3F3N3/c1-8-14(3)9(2)16(5)10(15(8)4)6(11)7(12)13/h1-5H3. The summed E-state index contributed by atoms with van der Waals surface area (Å²) >= 11 is 0. The molecule has 0 amide bonds. The Morgan fingerprint density at radius 1 is 0.812 bits per heavy atom. The van der Waals surface area contributed by atoms with Gasteiger partial charge in [0.05, 0.1) is 0 Å². The van der Waals surface area contributed by atoms with Gasteiger partial charge in [-0.05, 0) is 21.1 Å². The Kier molecular flexibility index (Phi) is 4.14. The molecule has 3 nitrogen and oxygen atoms in total. The maximum Gasteiger partial charge on any atom is 0.365 e. The van der Waals surface area contributed by atoms with E-state index < -0.39 is 18.8 Å². The molecule has 0 aromatic heterocycles. The molecule has 0 bridgehead atoms. The van der Waals surface area contributed by atoms with Gasteiger partial charge in [0.25, 0.3) is 20.0 Å². The maximum absolute atomic E-state index is 13.4. The third-order valence-corrected chi connectivity index (χ3v) is 3.54. The van der Waals surface area contributed by atoms with Crippen molar-refractivity contribution in [2.45, 2.75) is 13.6 Å². The third kappa shape index (κ3) is 2.16. The molecular weight excluding hydrogens is 216 g/mol. The van der Waals surface area contributed by atoms with Gasteiger partial charge in [-0.2, -0.15) is 8.78 Å². The van der Waals surface area contributed by atoms with Crippen molar-refractivity contribution in [3.63, 3.8) is 0 Å². The minimum Gasteiger partial charge on any atom is -0.360 e. The number of rotatable bonds is 1. The van der Waals surface area contributed by atoms with Crippen LogP contribution in [0.15, 0.2) is 11.8 Å². The summed E-state index contributed by atoms with van der Waals surface area (Å²) in [5.41, 5.74) is -1.36. The average molecular weight is 231 g/mol. The van der Waals surface area contributed by atoms with Crippen molar-refractivity contribution >= 4 is 20.9 Å². The zero-order chi connectivity index (χ0) is 12.6. The van der Waals surface area contributed by atoms with Crippen LogP contribution in [0.25, 0.3) is 0 Å². The van der Waals surface area contributed by atoms with Gasteiger partial charge in [-0.15, -0.1) is 0 Å². The predicted octanol–water partition coefficient (Wildman–Crippen LogP) is 1.14. The predicted molar refractivity (Wildman–Crippen MR) is 62.6 cm³/mol. The van der Waals surface area contributed by atoms with E-state index in [-0.39, 0.29) is 14.0 Å². The lowest BCUT2D eigenvalue weighted by atomic mass is 9.45. The van der Waals surface area contributed by atoms with Crippen LogP contribution in [-0.2, 0) is 0 Å². The molecular formula is C7H15B3F3N3. The van der Waals surface area contributed by atoms with Crippen LogP contribution in [0.4, 0.5) is 13.2 Å². The number of halogens is 3. The van der Waals surface area contributed by atoms with Crippen LogP contribution < -0.4 is 0 Å². The van der Waals surface area contributed by atoms with E-state index in [9.17, 15) is 13.2 Å². The van der Waals surface area contributed by atoms with E-state index in [1.165, 1.54) is 0 Å². The quantitative estimate of drug-likeness (QED) is 0.626. The van der Waals surface area contributed by atoms with Gasteiger partial charge >= 0.3 is 6.98 Å². The van der Waals surface area contributed by atoms with Gasteiger partial charge in [-0.25, -0.2) is 4.39 Å². The van der Waals surface area contributed by atoms with Gasteiger partial charge in [0, 0.05) is 0 Å². The van der Waals surface area contributed by atoms with Crippen molar-refractivity contribution < 1.29 is 13.2 Å². The first-order valence-corrected chi connectivity index (χ1v) is 5.15. The molecule has 0 saturated carbocycles. The van der Waals surface area contributed by atoms with Crippen molar-refractivity contribution in [1.82, 2.24) is 14.2 Å². The molecule has 0 aromatic rings. The van der Waals surface area contributed by atoms with Crippen LogP contribution in [0.2, 0.25) is 13.6 Å². The Balaban J connectivity index is 3.05. The highest BCUT2D eigenvalue weighted by molar-refractivity contribution is 6.87. The molecule has 1 aliphatic rings. The summed E-state index contributed by atoms with van der Waals surface area (Å²) in [7, 11) is 5.15. The topological polar surface area (TPSA) is 9.72 Å². The third-order valence-electron chi connectivity index (χ3n) is 3.54. The number of hydrogen-bond donors (Lipinski definition) is 0. The monoisotopic (exact) mass is 231 g/mol. The molecule has 0 unspecified atom stereocenters. The minimum absolute atomic E-state index is 0.0960. The zero-order valence-corrected chi connectivity index (χ0v) is 10.2. The Hall–Kier alpha value is -0.395. The average Bonchev–Trinajstić information content (AvgIpc) is 2.23. The van der Waals surface area contributed by atoms with E-state index in [1.54, 1.807) is 23.5 Å². The van der Waals surface area contributed by atoms with Crippen molar-refractivity contribution in [1.29, 1.82) is 0 Å². The summed E-state index contributed by atoms with van der Waals surface area (Å²) in [6.07, 6.45) is -2.24. The highest BCUT2D eigenvalue weighted by Crippen LogP contribution is 2.23. The first-order chi connectivity index (χ1) is 7.29. The van der Waals surface area contributed by atoms with Crippen LogP contribution in [0.5, 0.6) is 0 Å². The summed E-state index contributed by atoms with van der Waals surface area (Å²) in [5.74, 6) is 0. The summed E-state index contributed by atoms with van der Waals surface area (Å²) < 4.78 is 43.3. The maximum atomic E-state index is 13.4. The molecule has 1 fully saturated rings. The Labute approximate surface area is 95.6 Å². The molecule has 0 radical (unpaired) electrons. The van der Waals surface area contributed by atoms with Crippen molar-refractivity contribution in [2.75, 3.05) is 21.1 Å². The van der Waals surface area contributed by atoms with Gasteiger partial charge in [0.2, 0.25) is 0 Å². The van der Waals surface area contributed by atoms with Crippen LogP contribution in [-0.4, -0.2) is 56.3 Å². The summed E-state index contributed by atoms with van der Waals surface area (Å²) in [6.45, 7) is 2.54. The largest absolute Gasteiger partial charge is 0.365 e. The fourth-order valence-electron chi connectivity index (χ4n) is 2.04. The second-order valence-corrected chi connectivity index (χ2v) is 4.24. The second-order valence-electron chi connectivity index (χ2n) is 4.24. The molecule has 1 saturated heterocycles. The molecule has 1 rings (SSSR count). The number of hydrogen-bond acceptors (Lipinski definition) is 3. The smallest absolute Gasteiger partial charge is 0.360 e. The molecule has 16 heavy (non-hydrogen) atoms. The molecule has 0 aromatic carbocycles. The second kappa shape index (κ2) is 4.85. The number of nitrogens with zero attached hydrogens (tertiary/aromatic N) is 3. The Morgan fingerprint density at radius 2 is 1.19 bits per heavy atom. The molecule has 0 N–H and O–H groups in total. The normalized spacial score (nSPS) is 20.6. The molecule has 1 heterocycles. The van der Waals surface area contributed by atoms with E-state index in [2.05, 4.69) is 0 Å². The highest BCUT2D eigenvalue weighted by atomic mass is 19.3. The van der Waals surface area contributed by atoms with E-state index in [0.29, 0.717) is 0 Å². The molecule has 0 spiro atoms. The molecule has 88 valence electrons. The van der Waals surface area contributed by atoms with E-state index >= 15 is 0 Å². The Bertz CT molecular complexity index is 284. The van der Waals surface area contributed by atoms with E-state index in [0.717, 1.165) is 0 Å².